The molecule has 1 aromatic carbocycles. The van der Waals surface area contributed by atoms with Crippen molar-refractivity contribution < 1.29 is 0 Å². The van der Waals surface area contributed by atoms with Crippen molar-refractivity contribution in [2.45, 2.75) is 0 Å². The van der Waals surface area contributed by atoms with Gasteiger partial charge in [0.1, 0.15) is 11.1 Å². The summed E-state index contributed by atoms with van der Waals surface area (Å²) in [7, 11) is 0. The van der Waals surface area contributed by atoms with Crippen LogP contribution in [0.1, 0.15) is 5.56 Å². The minimum Gasteiger partial charge on any atom is -0.389 e. The fraction of sp³-hybridized carbons (Fsp3) is 0. The van der Waals surface area contributed by atoms with E-state index in [0.29, 0.717) is 10.6 Å². The molecule has 0 aliphatic carbocycles. The van der Waals surface area contributed by atoms with E-state index in [1.54, 1.807) is 0 Å². The van der Waals surface area contributed by atoms with Gasteiger partial charge < -0.3 is 5.73 Å². The highest BCUT2D eigenvalue weighted by Crippen LogP contribution is 2.32. The molecule has 0 aliphatic heterocycles. The Balaban J connectivity index is 2.50. The van der Waals surface area contributed by atoms with Crippen LogP contribution in [-0.4, -0.2) is 0 Å². The molecule has 2 N–H and O–H groups in total. The van der Waals surface area contributed by atoms with Crippen LogP contribution in [0.3, 0.4) is 0 Å². The number of nitrogen functional groups attached to an aromatic ring is 1. The molecule has 0 saturated heterocycles. The molecule has 0 saturated carbocycles. The summed E-state index contributed by atoms with van der Waals surface area (Å²) in [5.74, 6) is 0. The first-order chi connectivity index (χ1) is 6.81. The summed E-state index contributed by atoms with van der Waals surface area (Å²) in [5, 5.41) is 9.34. The van der Waals surface area contributed by atoms with E-state index < -0.39 is 0 Å². The minimum absolute atomic E-state index is 0.564. The maximum Gasteiger partial charge on any atom is 0.104 e. The molecule has 0 fully saturated rings. The summed E-state index contributed by atoms with van der Waals surface area (Å²) in [5.41, 5.74) is 7.35. The summed E-state index contributed by atoms with van der Waals surface area (Å²) >= 11 is 1.45. The van der Waals surface area contributed by atoms with Gasteiger partial charge in [0.05, 0.1) is 5.56 Å². The number of benzene rings is 1. The molecule has 0 amide bonds. The number of rotatable bonds is 1. The molecule has 68 valence electrons. The van der Waals surface area contributed by atoms with Crippen molar-refractivity contribution in [1.82, 2.24) is 0 Å². The molecule has 0 bridgehead atoms. The van der Waals surface area contributed by atoms with Crippen LogP contribution in [0.2, 0.25) is 0 Å². The van der Waals surface area contributed by atoms with Gasteiger partial charge in [0.15, 0.2) is 0 Å². The Labute approximate surface area is 86.2 Å². The molecule has 14 heavy (non-hydrogen) atoms. The lowest BCUT2D eigenvalue weighted by molar-refractivity contribution is 1.51. The summed E-state index contributed by atoms with van der Waals surface area (Å²) < 4.78 is 0. The van der Waals surface area contributed by atoms with Crippen molar-refractivity contribution in [2.24, 2.45) is 0 Å². The highest BCUT2D eigenvalue weighted by Gasteiger charge is 2.06. The van der Waals surface area contributed by atoms with E-state index in [-0.39, 0.29) is 0 Å². The standard InChI is InChI=1S/C11H8N2S/c12-7-9-6-10(14-11(9)13)8-4-2-1-3-5-8/h1-6H,13H2. The van der Waals surface area contributed by atoms with Crippen LogP contribution in [0, 0.1) is 11.3 Å². The van der Waals surface area contributed by atoms with E-state index in [1.807, 2.05) is 36.4 Å². The molecule has 1 aromatic heterocycles. The van der Waals surface area contributed by atoms with Gasteiger partial charge in [-0.15, -0.1) is 11.3 Å². The monoisotopic (exact) mass is 200 g/mol. The first-order valence-electron chi connectivity index (χ1n) is 4.16. The van der Waals surface area contributed by atoms with Gasteiger partial charge in [0.25, 0.3) is 0 Å². The average Bonchev–Trinajstić information content (AvgIpc) is 2.61. The summed E-state index contributed by atoms with van der Waals surface area (Å²) in [6, 6.07) is 13.8. The van der Waals surface area contributed by atoms with Crippen LogP contribution >= 0.6 is 11.3 Å². The predicted octanol–water partition coefficient (Wildman–Crippen LogP) is 2.87. The lowest BCUT2D eigenvalue weighted by Gasteiger charge is -1.93. The Hall–Kier alpha value is -1.79. The number of nitrogens with zero attached hydrogens (tertiary/aromatic N) is 1. The second-order valence-corrected chi connectivity index (χ2v) is 3.95. The molecular formula is C11H8N2S. The molecule has 3 heteroatoms. The number of anilines is 1. The number of thiophene rings is 1. The number of nitriles is 1. The Bertz CT molecular complexity index is 480. The van der Waals surface area contributed by atoms with Crippen molar-refractivity contribution in [3.05, 3.63) is 42.0 Å². The van der Waals surface area contributed by atoms with E-state index in [1.165, 1.54) is 11.3 Å². The van der Waals surface area contributed by atoms with Gasteiger partial charge in [0.2, 0.25) is 0 Å². The van der Waals surface area contributed by atoms with Gasteiger partial charge in [-0.25, -0.2) is 0 Å². The molecule has 0 atom stereocenters. The molecule has 2 aromatic rings. The molecule has 2 nitrogen and oxygen atoms in total. The molecule has 0 unspecified atom stereocenters. The Morgan fingerprint density at radius 3 is 2.50 bits per heavy atom. The van der Waals surface area contributed by atoms with Crippen molar-refractivity contribution in [2.75, 3.05) is 5.73 Å². The van der Waals surface area contributed by atoms with Crippen molar-refractivity contribution in [3.8, 4) is 16.5 Å². The number of nitrogens with two attached hydrogens (primary N) is 1. The molecular weight excluding hydrogens is 192 g/mol. The lowest BCUT2D eigenvalue weighted by Crippen LogP contribution is -1.80. The van der Waals surface area contributed by atoms with Crippen LogP contribution in [-0.2, 0) is 0 Å². The third-order valence-corrected chi connectivity index (χ3v) is 2.95. The van der Waals surface area contributed by atoms with Crippen molar-refractivity contribution in [1.29, 1.82) is 5.26 Å². The Morgan fingerprint density at radius 2 is 1.93 bits per heavy atom. The van der Waals surface area contributed by atoms with Gasteiger partial charge >= 0.3 is 0 Å². The van der Waals surface area contributed by atoms with Gasteiger partial charge in [-0.3, -0.25) is 0 Å². The zero-order chi connectivity index (χ0) is 9.97. The second kappa shape index (κ2) is 3.52. The summed E-state index contributed by atoms with van der Waals surface area (Å²) in [6.07, 6.45) is 0. The van der Waals surface area contributed by atoms with E-state index in [9.17, 15) is 0 Å². The van der Waals surface area contributed by atoms with Crippen LogP contribution in [0.5, 0.6) is 0 Å². The van der Waals surface area contributed by atoms with Crippen LogP contribution in [0.15, 0.2) is 36.4 Å². The maximum absolute atomic E-state index is 8.76. The van der Waals surface area contributed by atoms with Crippen LogP contribution in [0.25, 0.3) is 10.4 Å². The first-order valence-corrected chi connectivity index (χ1v) is 4.98. The quantitative estimate of drug-likeness (QED) is 0.769. The van der Waals surface area contributed by atoms with Crippen molar-refractivity contribution >= 4 is 16.3 Å². The number of hydrogen-bond acceptors (Lipinski definition) is 3. The highest BCUT2D eigenvalue weighted by atomic mass is 32.1. The van der Waals surface area contributed by atoms with E-state index in [4.69, 9.17) is 11.0 Å². The third-order valence-electron chi connectivity index (χ3n) is 1.94. The molecule has 0 radical (unpaired) electrons. The largest absolute Gasteiger partial charge is 0.389 e. The van der Waals surface area contributed by atoms with Gasteiger partial charge in [-0.1, -0.05) is 30.3 Å². The summed E-state index contributed by atoms with van der Waals surface area (Å²) in [4.78, 5) is 1.04. The number of hydrogen-bond donors (Lipinski definition) is 1. The third kappa shape index (κ3) is 1.48. The Kier molecular flexibility index (Phi) is 2.21. The van der Waals surface area contributed by atoms with Gasteiger partial charge in [-0.05, 0) is 11.6 Å². The topological polar surface area (TPSA) is 49.8 Å². The zero-order valence-corrected chi connectivity index (χ0v) is 8.21. The summed E-state index contributed by atoms with van der Waals surface area (Å²) in [6.45, 7) is 0. The fourth-order valence-electron chi connectivity index (χ4n) is 1.24. The maximum atomic E-state index is 8.76. The SMILES string of the molecule is N#Cc1cc(-c2ccccc2)sc1N. The predicted molar refractivity (Wildman–Crippen MR) is 58.9 cm³/mol. The molecule has 0 aliphatic rings. The van der Waals surface area contributed by atoms with Crippen molar-refractivity contribution in [3.63, 3.8) is 0 Å². The molecule has 1 heterocycles. The van der Waals surface area contributed by atoms with E-state index in [2.05, 4.69) is 6.07 Å². The highest BCUT2D eigenvalue weighted by molar-refractivity contribution is 7.19. The molecule has 2 rings (SSSR count). The van der Waals surface area contributed by atoms with E-state index in [0.717, 1.165) is 10.4 Å². The smallest absolute Gasteiger partial charge is 0.104 e. The normalized spacial score (nSPS) is 9.64. The van der Waals surface area contributed by atoms with Gasteiger partial charge in [0, 0.05) is 4.88 Å². The second-order valence-electron chi connectivity index (χ2n) is 2.87. The van der Waals surface area contributed by atoms with Crippen LogP contribution in [0.4, 0.5) is 5.00 Å². The van der Waals surface area contributed by atoms with Gasteiger partial charge in [-0.2, -0.15) is 5.26 Å². The molecule has 0 spiro atoms. The Morgan fingerprint density at radius 1 is 1.21 bits per heavy atom. The minimum atomic E-state index is 0.564. The fourth-order valence-corrected chi connectivity index (χ4v) is 2.12. The lowest BCUT2D eigenvalue weighted by atomic mass is 10.2. The zero-order valence-electron chi connectivity index (χ0n) is 7.40. The van der Waals surface area contributed by atoms with Crippen LogP contribution < -0.4 is 5.73 Å². The first kappa shape index (κ1) is 8.79. The van der Waals surface area contributed by atoms with E-state index >= 15 is 0 Å². The average molecular weight is 200 g/mol.